The van der Waals surface area contributed by atoms with Crippen molar-refractivity contribution in [2.24, 2.45) is 5.11 Å². The van der Waals surface area contributed by atoms with Gasteiger partial charge in [0.05, 0.1) is 7.11 Å². The molecule has 1 aromatic rings. The number of rotatable bonds is 4. The smallest absolute Gasteiger partial charge is 0.410 e. The maximum absolute atomic E-state index is 11.8. The van der Waals surface area contributed by atoms with Crippen LogP contribution in [0.4, 0.5) is 10.5 Å². The fourth-order valence-corrected chi connectivity index (χ4v) is 1.93. The summed E-state index contributed by atoms with van der Waals surface area (Å²) in [6.45, 7) is 0.564. The Morgan fingerprint density at radius 2 is 2.14 bits per heavy atom. The first-order valence-electron chi connectivity index (χ1n) is 6.31. The van der Waals surface area contributed by atoms with E-state index in [-0.39, 0.29) is 6.61 Å². The molecule has 8 heteroatoms. The maximum Gasteiger partial charge on any atom is 0.410 e. The normalized spacial score (nSPS) is 16.4. The van der Waals surface area contributed by atoms with Gasteiger partial charge in [-0.3, -0.25) is 4.90 Å². The van der Waals surface area contributed by atoms with Crippen LogP contribution >= 0.6 is 0 Å². The number of azide groups is 1. The molecule has 8 nitrogen and oxygen atoms in total. The van der Waals surface area contributed by atoms with Crippen LogP contribution in [-0.4, -0.2) is 36.7 Å². The second kappa shape index (κ2) is 6.62. The van der Waals surface area contributed by atoms with Gasteiger partial charge in [-0.1, -0.05) is 29.4 Å². The number of ether oxygens (including phenoxy) is 2. The molecule has 1 aliphatic heterocycles. The average Bonchev–Trinajstić information content (AvgIpc) is 2.45. The van der Waals surface area contributed by atoms with Crippen LogP contribution in [0.5, 0.6) is 0 Å². The molecule has 0 unspecified atom stereocenters. The molecule has 0 aliphatic carbocycles. The first-order valence-corrected chi connectivity index (χ1v) is 6.31. The second-order valence-corrected chi connectivity index (χ2v) is 4.43. The van der Waals surface area contributed by atoms with Crippen molar-refractivity contribution in [1.82, 2.24) is 4.90 Å². The van der Waals surface area contributed by atoms with Gasteiger partial charge >= 0.3 is 12.1 Å². The molecule has 1 heterocycles. The van der Waals surface area contributed by atoms with Crippen LogP contribution in [0.1, 0.15) is 12.0 Å². The summed E-state index contributed by atoms with van der Waals surface area (Å²) in [6, 6.07) is 6.11. The fourth-order valence-electron chi connectivity index (χ4n) is 1.93. The summed E-state index contributed by atoms with van der Waals surface area (Å²) in [7, 11) is 1.29. The highest BCUT2D eigenvalue weighted by molar-refractivity contribution is 5.83. The number of carbonyl (C=O) groups excluding carboxylic acids is 2. The molecule has 21 heavy (non-hydrogen) atoms. The molecule has 0 radical (unpaired) electrons. The lowest BCUT2D eigenvalue weighted by atomic mass is 10.1. The molecular weight excluding hydrogens is 276 g/mol. The number of likely N-dealkylation sites (tertiary alicyclic amines) is 1. The van der Waals surface area contributed by atoms with E-state index in [1.54, 1.807) is 24.3 Å². The SMILES string of the molecule is COC(=O)[C@@H]1CCN1C(=O)OCc1ccc(N=[N+]=[N-])cc1. The molecule has 1 saturated heterocycles. The van der Waals surface area contributed by atoms with E-state index < -0.39 is 18.1 Å². The Morgan fingerprint density at radius 3 is 2.67 bits per heavy atom. The van der Waals surface area contributed by atoms with Crippen LogP contribution in [0.15, 0.2) is 29.4 Å². The molecule has 0 N–H and O–H groups in total. The summed E-state index contributed by atoms with van der Waals surface area (Å²) in [6.07, 6.45) is 0.0404. The summed E-state index contributed by atoms with van der Waals surface area (Å²) in [5, 5.41) is 3.45. The van der Waals surface area contributed by atoms with Crippen molar-refractivity contribution in [3.05, 3.63) is 40.3 Å². The number of hydrogen-bond acceptors (Lipinski definition) is 5. The molecule has 1 aromatic carbocycles. The summed E-state index contributed by atoms with van der Waals surface area (Å²) in [5.41, 5.74) is 9.54. The number of esters is 1. The van der Waals surface area contributed by atoms with Gasteiger partial charge in [0.2, 0.25) is 0 Å². The van der Waals surface area contributed by atoms with Gasteiger partial charge in [0.15, 0.2) is 0 Å². The predicted octanol–water partition coefficient (Wildman–Crippen LogP) is 2.51. The van der Waals surface area contributed by atoms with Gasteiger partial charge in [0, 0.05) is 17.1 Å². The maximum atomic E-state index is 11.8. The van der Waals surface area contributed by atoms with Crippen molar-refractivity contribution in [2.75, 3.05) is 13.7 Å². The topological polar surface area (TPSA) is 105 Å². The van der Waals surface area contributed by atoms with Crippen LogP contribution in [0, 0.1) is 0 Å². The van der Waals surface area contributed by atoms with Crippen LogP contribution in [-0.2, 0) is 20.9 Å². The average molecular weight is 290 g/mol. The zero-order chi connectivity index (χ0) is 15.2. The minimum Gasteiger partial charge on any atom is -0.467 e. The van der Waals surface area contributed by atoms with E-state index in [1.807, 2.05) is 0 Å². The Labute approximate surface area is 120 Å². The molecule has 0 bridgehead atoms. The third kappa shape index (κ3) is 3.43. The number of hydrogen-bond donors (Lipinski definition) is 0. The van der Waals surface area contributed by atoms with E-state index in [0.717, 1.165) is 5.56 Å². The van der Waals surface area contributed by atoms with Crippen molar-refractivity contribution < 1.29 is 19.1 Å². The van der Waals surface area contributed by atoms with Crippen LogP contribution in [0.25, 0.3) is 10.4 Å². The summed E-state index contributed by atoms with van der Waals surface area (Å²) >= 11 is 0. The Morgan fingerprint density at radius 1 is 1.43 bits per heavy atom. The lowest BCUT2D eigenvalue weighted by Crippen LogP contribution is -2.55. The van der Waals surface area contributed by atoms with Gasteiger partial charge in [-0.05, 0) is 17.5 Å². The van der Waals surface area contributed by atoms with Crippen molar-refractivity contribution in [2.45, 2.75) is 19.1 Å². The lowest BCUT2D eigenvalue weighted by Gasteiger charge is -2.37. The Hall–Kier alpha value is -2.73. The molecule has 2 rings (SSSR count). The van der Waals surface area contributed by atoms with E-state index in [9.17, 15) is 9.59 Å². The fraction of sp³-hybridized carbons (Fsp3) is 0.385. The van der Waals surface area contributed by atoms with Crippen molar-refractivity contribution in [3.8, 4) is 0 Å². The third-order valence-electron chi connectivity index (χ3n) is 3.19. The van der Waals surface area contributed by atoms with Gasteiger partial charge in [0.25, 0.3) is 0 Å². The number of carbonyl (C=O) groups is 2. The molecule has 1 amide bonds. The quantitative estimate of drug-likeness (QED) is 0.367. The van der Waals surface area contributed by atoms with Gasteiger partial charge in [-0.15, -0.1) is 0 Å². The van der Waals surface area contributed by atoms with Gasteiger partial charge in [-0.2, -0.15) is 0 Å². The van der Waals surface area contributed by atoms with Crippen LogP contribution < -0.4 is 0 Å². The minimum absolute atomic E-state index is 0.0831. The molecule has 1 atom stereocenters. The molecule has 0 saturated carbocycles. The van der Waals surface area contributed by atoms with Crippen LogP contribution in [0.3, 0.4) is 0 Å². The molecule has 1 fully saturated rings. The molecule has 1 aliphatic rings. The van der Waals surface area contributed by atoms with Gasteiger partial charge < -0.3 is 9.47 Å². The summed E-state index contributed by atoms with van der Waals surface area (Å²) < 4.78 is 9.74. The minimum atomic E-state index is -0.546. The third-order valence-corrected chi connectivity index (χ3v) is 3.19. The highest BCUT2D eigenvalue weighted by Gasteiger charge is 2.39. The Kier molecular flexibility index (Phi) is 4.63. The predicted molar refractivity (Wildman–Crippen MR) is 72.6 cm³/mol. The lowest BCUT2D eigenvalue weighted by molar-refractivity contribution is -0.150. The van der Waals surface area contributed by atoms with Crippen LogP contribution in [0.2, 0.25) is 0 Å². The Balaban J connectivity index is 1.86. The largest absolute Gasteiger partial charge is 0.467 e. The zero-order valence-corrected chi connectivity index (χ0v) is 11.4. The van der Waals surface area contributed by atoms with Gasteiger partial charge in [0.1, 0.15) is 12.6 Å². The monoisotopic (exact) mass is 290 g/mol. The molecule has 0 spiro atoms. The highest BCUT2D eigenvalue weighted by Crippen LogP contribution is 2.20. The summed E-state index contributed by atoms with van der Waals surface area (Å²) in [5.74, 6) is -0.433. The van der Waals surface area contributed by atoms with E-state index in [0.29, 0.717) is 18.7 Å². The van der Waals surface area contributed by atoms with Crippen molar-refractivity contribution in [1.29, 1.82) is 0 Å². The van der Waals surface area contributed by atoms with Gasteiger partial charge in [-0.25, -0.2) is 9.59 Å². The Bertz CT molecular complexity index is 580. The number of methoxy groups -OCH3 is 1. The molecule has 0 aromatic heterocycles. The van der Waals surface area contributed by atoms with E-state index in [4.69, 9.17) is 10.3 Å². The number of amides is 1. The van der Waals surface area contributed by atoms with E-state index in [1.165, 1.54) is 12.0 Å². The van der Waals surface area contributed by atoms with E-state index >= 15 is 0 Å². The van der Waals surface area contributed by atoms with Crippen molar-refractivity contribution >= 4 is 17.7 Å². The number of benzene rings is 1. The molecular formula is C13H14N4O4. The second-order valence-electron chi connectivity index (χ2n) is 4.43. The standard InChI is InChI=1S/C13H14N4O4/c1-20-12(18)11-6-7-17(11)13(19)21-8-9-2-4-10(5-3-9)15-16-14/h2-5,11H,6-8H2,1H3/t11-/m0/s1. The summed E-state index contributed by atoms with van der Waals surface area (Å²) in [4.78, 5) is 27.2. The number of nitrogens with zero attached hydrogens (tertiary/aromatic N) is 4. The van der Waals surface area contributed by atoms with E-state index in [2.05, 4.69) is 14.8 Å². The first-order chi connectivity index (χ1) is 10.2. The highest BCUT2D eigenvalue weighted by atomic mass is 16.6. The molecule has 110 valence electrons. The zero-order valence-electron chi connectivity index (χ0n) is 11.4. The first kappa shape index (κ1) is 14.7. The van der Waals surface area contributed by atoms with Crippen molar-refractivity contribution in [3.63, 3.8) is 0 Å².